The van der Waals surface area contributed by atoms with Crippen molar-refractivity contribution < 1.29 is 5.11 Å². The van der Waals surface area contributed by atoms with Crippen LogP contribution in [0.4, 0.5) is 0 Å². The third-order valence-corrected chi connectivity index (χ3v) is 4.02. The van der Waals surface area contributed by atoms with Crippen LogP contribution in [0.3, 0.4) is 0 Å². The Morgan fingerprint density at radius 1 is 1.15 bits per heavy atom. The van der Waals surface area contributed by atoms with Crippen molar-refractivity contribution in [1.29, 1.82) is 0 Å². The van der Waals surface area contributed by atoms with Crippen molar-refractivity contribution in [2.75, 3.05) is 0 Å². The van der Waals surface area contributed by atoms with Gasteiger partial charge in [-0.25, -0.2) is 0 Å². The number of H-pyrrole nitrogens is 1. The molecule has 1 aromatic heterocycles. The summed E-state index contributed by atoms with van der Waals surface area (Å²) in [6, 6.07) is 12.2. The number of nitrogens with one attached hydrogen (secondary N) is 1. The first-order valence-electron chi connectivity index (χ1n) is 5.87. The van der Waals surface area contributed by atoms with Gasteiger partial charge in [0.2, 0.25) is 0 Å². The van der Waals surface area contributed by atoms with E-state index in [4.69, 9.17) is 11.6 Å². The lowest BCUT2D eigenvalue weighted by Gasteiger charge is -2.09. The quantitative estimate of drug-likeness (QED) is 0.687. The molecule has 0 amide bonds. The summed E-state index contributed by atoms with van der Waals surface area (Å²) in [5.74, 6) is -0.0488. The first-order valence-corrected chi connectivity index (χ1v) is 7.04. The molecule has 0 aliphatic carbocycles. The Morgan fingerprint density at radius 3 is 2.65 bits per heavy atom. The molecule has 2 N–H and O–H groups in total. The molecule has 100 valence electrons. The second-order valence-corrected chi connectivity index (χ2v) is 5.64. The predicted octanol–water partition coefficient (Wildman–Crippen LogP) is 4.32. The number of hydrogen-bond acceptors (Lipinski definition) is 2. The van der Waals surface area contributed by atoms with E-state index in [-0.39, 0.29) is 16.9 Å². The van der Waals surface area contributed by atoms with Gasteiger partial charge in [-0.05, 0) is 24.3 Å². The molecule has 0 aliphatic heterocycles. The molecule has 0 saturated heterocycles. The van der Waals surface area contributed by atoms with Gasteiger partial charge in [0.15, 0.2) is 0 Å². The summed E-state index contributed by atoms with van der Waals surface area (Å²) in [7, 11) is 0. The monoisotopic (exact) mass is 349 g/mol. The summed E-state index contributed by atoms with van der Waals surface area (Å²) in [4.78, 5) is 15.0. The lowest BCUT2D eigenvalue weighted by molar-refractivity contribution is 0.482. The van der Waals surface area contributed by atoms with Crippen LogP contribution in [-0.4, -0.2) is 10.1 Å². The largest absolute Gasteiger partial charge is 0.506 e. The maximum atomic E-state index is 12.2. The summed E-state index contributed by atoms with van der Waals surface area (Å²) in [5.41, 5.74) is 1.04. The summed E-state index contributed by atoms with van der Waals surface area (Å²) >= 11 is 9.29. The minimum Gasteiger partial charge on any atom is -0.506 e. The zero-order valence-electron chi connectivity index (χ0n) is 10.2. The van der Waals surface area contributed by atoms with E-state index in [1.165, 1.54) is 0 Å². The van der Waals surface area contributed by atoms with Crippen molar-refractivity contribution in [3.05, 3.63) is 62.3 Å². The van der Waals surface area contributed by atoms with Gasteiger partial charge in [-0.15, -0.1) is 0 Å². The maximum absolute atomic E-state index is 12.2. The van der Waals surface area contributed by atoms with Crippen molar-refractivity contribution in [3.8, 4) is 16.9 Å². The van der Waals surface area contributed by atoms with E-state index in [2.05, 4.69) is 20.9 Å². The molecule has 3 nitrogen and oxygen atoms in total. The number of aromatic hydroxyl groups is 1. The van der Waals surface area contributed by atoms with Gasteiger partial charge in [-0.3, -0.25) is 4.79 Å². The molecule has 0 spiro atoms. The molecular weight excluding hydrogens is 342 g/mol. The SMILES string of the molecule is O=c1[nH]c2cc(Cl)ccc2c(O)c1-c1ccccc1Br. The lowest BCUT2D eigenvalue weighted by atomic mass is 10.0. The smallest absolute Gasteiger partial charge is 0.260 e. The zero-order chi connectivity index (χ0) is 14.3. The topological polar surface area (TPSA) is 53.1 Å². The van der Waals surface area contributed by atoms with E-state index in [1.54, 1.807) is 24.3 Å². The van der Waals surface area contributed by atoms with Gasteiger partial charge in [0.1, 0.15) is 5.75 Å². The number of fused-ring (bicyclic) bond motifs is 1. The van der Waals surface area contributed by atoms with Gasteiger partial charge >= 0.3 is 0 Å². The maximum Gasteiger partial charge on any atom is 0.260 e. The molecule has 0 saturated carbocycles. The van der Waals surface area contributed by atoms with Crippen molar-refractivity contribution in [1.82, 2.24) is 4.98 Å². The fraction of sp³-hybridized carbons (Fsp3) is 0. The van der Waals surface area contributed by atoms with Crippen LogP contribution in [0.1, 0.15) is 0 Å². The molecule has 3 rings (SSSR count). The van der Waals surface area contributed by atoms with Crippen LogP contribution in [0, 0.1) is 0 Å². The fourth-order valence-electron chi connectivity index (χ4n) is 2.17. The predicted molar refractivity (Wildman–Crippen MR) is 84.4 cm³/mol. The van der Waals surface area contributed by atoms with Gasteiger partial charge < -0.3 is 10.1 Å². The standard InChI is InChI=1S/C15H9BrClNO2/c16-11-4-2-1-3-9(11)13-14(19)10-6-5-8(17)7-12(10)18-15(13)20/h1-7H,(H2,18,19,20). The summed E-state index contributed by atoms with van der Waals surface area (Å²) in [6.07, 6.45) is 0. The molecule has 3 aromatic rings. The van der Waals surface area contributed by atoms with Crippen LogP contribution in [0.15, 0.2) is 51.7 Å². The fourth-order valence-corrected chi connectivity index (χ4v) is 2.82. The Balaban J connectivity index is 2.41. The second-order valence-electron chi connectivity index (χ2n) is 4.35. The molecule has 20 heavy (non-hydrogen) atoms. The van der Waals surface area contributed by atoms with Crippen LogP contribution in [0.25, 0.3) is 22.0 Å². The highest BCUT2D eigenvalue weighted by atomic mass is 79.9. The number of rotatable bonds is 1. The van der Waals surface area contributed by atoms with Crippen LogP contribution in [-0.2, 0) is 0 Å². The normalized spacial score (nSPS) is 10.9. The molecule has 0 unspecified atom stereocenters. The van der Waals surface area contributed by atoms with E-state index in [1.807, 2.05) is 18.2 Å². The van der Waals surface area contributed by atoms with Gasteiger partial charge in [0.25, 0.3) is 5.56 Å². The molecule has 5 heteroatoms. The molecule has 2 aromatic carbocycles. The van der Waals surface area contributed by atoms with Crippen molar-refractivity contribution >= 4 is 38.4 Å². The summed E-state index contributed by atoms with van der Waals surface area (Å²) in [6.45, 7) is 0. The number of aromatic nitrogens is 1. The summed E-state index contributed by atoms with van der Waals surface area (Å²) < 4.78 is 0.745. The van der Waals surface area contributed by atoms with Gasteiger partial charge in [-0.2, -0.15) is 0 Å². The summed E-state index contributed by atoms with van der Waals surface area (Å²) in [5, 5.41) is 11.5. The number of pyridine rings is 1. The molecule has 1 heterocycles. The molecule has 0 fully saturated rings. The van der Waals surface area contributed by atoms with Gasteiger partial charge in [0.05, 0.1) is 11.1 Å². The van der Waals surface area contributed by atoms with E-state index >= 15 is 0 Å². The second kappa shape index (κ2) is 4.96. The van der Waals surface area contributed by atoms with E-state index in [9.17, 15) is 9.90 Å². The third-order valence-electron chi connectivity index (χ3n) is 3.09. The average Bonchev–Trinajstić information content (AvgIpc) is 2.40. The zero-order valence-corrected chi connectivity index (χ0v) is 12.5. The van der Waals surface area contributed by atoms with E-state index in [0.29, 0.717) is 21.5 Å². The molecule has 0 aliphatic rings. The van der Waals surface area contributed by atoms with Crippen LogP contribution in [0.2, 0.25) is 5.02 Å². The first kappa shape index (κ1) is 13.2. The van der Waals surface area contributed by atoms with Crippen molar-refractivity contribution in [2.24, 2.45) is 0 Å². The highest BCUT2D eigenvalue weighted by molar-refractivity contribution is 9.10. The number of benzene rings is 2. The number of hydrogen-bond donors (Lipinski definition) is 2. The Hall–Kier alpha value is -1.78. The van der Waals surface area contributed by atoms with Crippen LogP contribution in [0.5, 0.6) is 5.75 Å². The van der Waals surface area contributed by atoms with Gasteiger partial charge in [-0.1, -0.05) is 45.7 Å². The van der Waals surface area contributed by atoms with E-state index < -0.39 is 0 Å². The third kappa shape index (κ3) is 2.11. The highest BCUT2D eigenvalue weighted by Gasteiger charge is 2.15. The van der Waals surface area contributed by atoms with Crippen LogP contribution < -0.4 is 5.56 Å². The van der Waals surface area contributed by atoms with Gasteiger partial charge in [0, 0.05) is 20.4 Å². The Kier molecular flexibility index (Phi) is 3.28. The van der Waals surface area contributed by atoms with Crippen LogP contribution >= 0.6 is 27.5 Å². The Bertz CT molecular complexity index is 873. The highest BCUT2D eigenvalue weighted by Crippen LogP contribution is 2.36. The Labute approximate surface area is 128 Å². The van der Waals surface area contributed by atoms with E-state index in [0.717, 1.165) is 4.47 Å². The van der Waals surface area contributed by atoms with Crippen molar-refractivity contribution in [2.45, 2.75) is 0 Å². The van der Waals surface area contributed by atoms with Crippen molar-refractivity contribution in [3.63, 3.8) is 0 Å². The lowest BCUT2D eigenvalue weighted by Crippen LogP contribution is -2.09. The number of aromatic amines is 1. The minimum absolute atomic E-state index is 0.0488. The molecule has 0 atom stereocenters. The molecular formula is C15H9BrClNO2. The minimum atomic E-state index is -0.357. The first-order chi connectivity index (χ1) is 9.58. The average molecular weight is 351 g/mol. The number of halogens is 2. The Morgan fingerprint density at radius 2 is 1.90 bits per heavy atom. The molecule has 0 bridgehead atoms. The molecule has 0 radical (unpaired) electrons.